The molecule has 134 valence electrons. The van der Waals surface area contributed by atoms with E-state index in [1.807, 2.05) is 26.8 Å². The summed E-state index contributed by atoms with van der Waals surface area (Å²) in [6, 6.07) is 0.882. The maximum absolute atomic E-state index is 12.5. The molecule has 1 saturated heterocycles. The van der Waals surface area contributed by atoms with Crippen LogP contribution in [-0.4, -0.2) is 43.4 Å². The van der Waals surface area contributed by atoms with E-state index in [0.717, 1.165) is 6.04 Å². The summed E-state index contributed by atoms with van der Waals surface area (Å²) in [5.41, 5.74) is -0.0270. The Labute approximate surface area is 145 Å². The zero-order valence-electron chi connectivity index (χ0n) is 15.8. The zero-order chi connectivity index (χ0) is 18.4. The minimum absolute atomic E-state index is 0.0562. The quantitative estimate of drug-likeness (QED) is 0.445. The van der Waals surface area contributed by atoms with Crippen LogP contribution in [0.25, 0.3) is 0 Å². The second-order valence-corrected chi connectivity index (χ2v) is 14.7. The van der Waals surface area contributed by atoms with Gasteiger partial charge in [0.1, 0.15) is 5.60 Å². The first-order chi connectivity index (χ1) is 10.8. The van der Waals surface area contributed by atoms with Crippen LogP contribution in [0.1, 0.15) is 27.2 Å². The van der Waals surface area contributed by atoms with Gasteiger partial charge >= 0.3 is 5.97 Å². The number of fused-ring (bicyclic) bond motifs is 1. The fraction of sp³-hybridized carbons (Fsp3) is 0.722. The molecule has 24 heavy (non-hydrogen) atoms. The van der Waals surface area contributed by atoms with Gasteiger partial charge in [0, 0.05) is 20.7 Å². The molecular weight excluding hydrogens is 322 g/mol. The van der Waals surface area contributed by atoms with Gasteiger partial charge in [-0.25, -0.2) is 4.79 Å². The van der Waals surface area contributed by atoms with Crippen molar-refractivity contribution in [1.82, 2.24) is 4.90 Å². The third kappa shape index (κ3) is 3.96. The molecule has 6 heteroatoms. The molecule has 0 aromatic carbocycles. The van der Waals surface area contributed by atoms with E-state index >= 15 is 0 Å². The largest absolute Gasteiger partial charge is 0.457 e. The molecule has 1 fully saturated rings. The average molecular weight is 352 g/mol. The highest BCUT2D eigenvalue weighted by molar-refractivity contribution is 6.76. The number of imide groups is 1. The fourth-order valence-corrected chi connectivity index (χ4v) is 5.44. The Morgan fingerprint density at radius 2 is 1.83 bits per heavy atom. The molecule has 0 aromatic heterocycles. The van der Waals surface area contributed by atoms with Crippen LogP contribution in [0.4, 0.5) is 0 Å². The second-order valence-electron chi connectivity index (χ2n) is 9.19. The van der Waals surface area contributed by atoms with Crippen LogP contribution >= 0.6 is 0 Å². The van der Waals surface area contributed by atoms with Crippen LogP contribution in [0.3, 0.4) is 0 Å². The molecule has 3 atom stereocenters. The van der Waals surface area contributed by atoms with E-state index < -0.39 is 19.6 Å². The summed E-state index contributed by atoms with van der Waals surface area (Å²) in [5, 5.41) is 0. The minimum atomic E-state index is -1.47. The van der Waals surface area contributed by atoms with E-state index in [1.54, 1.807) is 7.05 Å². The molecule has 0 unspecified atom stereocenters. The number of hydrogen-bond donors (Lipinski definition) is 0. The summed E-state index contributed by atoms with van der Waals surface area (Å²) in [6.07, 6.45) is 2.22. The third-order valence-electron chi connectivity index (χ3n) is 4.52. The van der Waals surface area contributed by atoms with E-state index in [9.17, 15) is 14.4 Å². The molecule has 1 aliphatic carbocycles. The van der Waals surface area contributed by atoms with E-state index in [-0.39, 0.29) is 29.6 Å². The van der Waals surface area contributed by atoms with Gasteiger partial charge in [0.05, 0.1) is 11.8 Å². The highest BCUT2D eigenvalue weighted by atomic mass is 28.3. The molecule has 0 bridgehead atoms. The molecule has 1 heterocycles. The molecule has 0 N–H and O–H groups in total. The molecule has 1 aliphatic heterocycles. The first-order valence-corrected chi connectivity index (χ1v) is 12.3. The lowest BCUT2D eigenvalue weighted by Gasteiger charge is -2.33. The van der Waals surface area contributed by atoms with Crippen molar-refractivity contribution in [3.8, 4) is 0 Å². The first-order valence-electron chi connectivity index (χ1n) is 8.55. The summed E-state index contributed by atoms with van der Waals surface area (Å²) in [6.45, 7) is 12.2. The molecule has 2 aliphatic rings. The Kier molecular flexibility index (Phi) is 4.83. The topological polar surface area (TPSA) is 63.7 Å². The van der Waals surface area contributed by atoms with Crippen molar-refractivity contribution in [3.05, 3.63) is 11.6 Å². The van der Waals surface area contributed by atoms with Crippen molar-refractivity contribution in [2.45, 2.75) is 58.5 Å². The van der Waals surface area contributed by atoms with Gasteiger partial charge < -0.3 is 4.74 Å². The number of amides is 2. The van der Waals surface area contributed by atoms with Crippen molar-refractivity contribution in [3.63, 3.8) is 0 Å². The van der Waals surface area contributed by atoms with Crippen molar-refractivity contribution < 1.29 is 19.1 Å². The normalized spacial score (nSPS) is 27.9. The highest BCUT2D eigenvalue weighted by Crippen LogP contribution is 2.44. The summed E-state index contributed by atoms with van der Waals surface area (Å²) >= 11 is 0. The summed E-state index contributed by atoms with van der Waals surface area (Å²) in [7, 11) is 0.0753. The lowest BCUT2D eigenvalue weighted by atomic mass is 9.75. The predicted molar refractivity (Wildman–Crippen MR) is 94.9 cm³/mol. The van der Waals surface area contributed by atoms with Gasteiger partial charge in [-0.1, -0.05) is 31.8 Å². The number of carbonyl (C=O) groups excluding carboxylic acids is 3. The Morgan fingerprint density at radius 3 is 2.33 bits per heavy atom. The number of hydrogen-bond acceptors (Lipinski definition) is 4. The second kappa shape index (κ2) is 6.13. The Morgan fingerprint density at radius 1 is 1.25 bits per heavy atom. The van der Waals surface area contributed by atoms with Crippen molar-refractivity contribution in [2.75, 3.05) is 7.05 Å². The van der Waals surface area contributed by atoms with Crippen LogP contribution in [0, 0.1) is 17.8 Å². The first kappa shape index (κ1) is 18.9. The summed E-state index contributed by atoms with van der Waals surface area (Å²) in [5.74, 6) is -1.43. The number of carbonyl (C=O) groups is 3. The van der Waals surface area contributed by atoms with Gasteiger partial charge in [0.2, 0.25) is 11.8 Å². The molecule has 0 radical (unpaired) electrons. The number of ether oxygens (including phenoxy) is 1. The molecular formula is C18H29NO4Si. The summed E-state index contributed by atoms with van der Waals surface area (Å²) in [4.78, 5) is 38.7. The number of nitrogens with zero attached hydrogens (tertiary/aromatic N) is 1. The van der Waals surface area contributed by atoms with Gasteiger partial charge in [0.25, 0.3) is 0 Å². The molecule has 2 amide bonds. The Hall–Kier alpha value is -1.43. The van der Waals surface area contributed by atoms with Crippen molar-refractivity contribution in [1.29, 1.82) is 0 Å². The fourth-order valence-electron chi connectivity index (χ4n) is 3.66. The van der Waals surface area contributed by atoms with E-state index in [1.165, 1.54) is 4.90 Å². The predicted octanol–water partition coefficient (Wildman–Crippen LogP) is 2.84. The maximum Gasteiger partial charge on any atom is 0.334 e. The lowest BCUT2D eigenvalue weighted by Crippen LogP contribution is -2.37. The lowest BCUT2D eigenvalue weighted by molar-refractivity contribution is -0.150. The number of likely N-dealkylation sites (tertiary alicyclic amines) is 1. The Bertz CT molecular complexity index is 597. The van der Waals surface area contributed by atoms with E-state index in [0.29, 0.717) is 12.0 Å². The molecule has 2 rings (SSSR count). The van der Waals surface area contributed by atoms with Crippen LogP contribution in [0.15, 0.2) is 11.6 Å². The zero-order valence-corrected chi connectivity index (χ0v) is 16.8. The van der Waals surface area contributed by atoms with E-state index in [2.05, 4.69) is 19.6 Å². The number of allylic oxidation sites excluding steroid dienone is 1. The van der Waals surface area contributed by atoms with Crippen LogP contribution in [0.5, 0.6) is 0 Å². The van der Waals surface area contributed by atoms with Crippen LogP contribution in [-0.2, 0) is 19.1 Å². The average Bonchev–Trinajstić information content (AvgIpc) is 2.60. The molecule has 0 aromatic rings. The van der Waals surface area contributed by atoms with Crippen molar-refractivity contribution >= 4 is 25.9 Å². The molecule has 0 saturated carbocycles. The Balaban J connectivity index is 2.36. The van der Waals surface area contributed by atoms with E-state index in [4.69, 9.17) is 4.74 Å². The third-order valence-corrected chi connectivity index (χ3v) is 6.22. The van der Waals surface area contributed by atoms with Crippen LogP contribution in [0.2, 0.25) is 25.7 Å². The highest BCUT2D eigenvalue weighted by Gasteiger charge is 2.52. The standard InChI is InChI=1S/C18H29NO4Si/c1-18(2,3)23-17(22)11-8-12(10-24(5,6)7)14-13(9-11)15(20)19(4)16(14)21/h8,12-14H,9-10H2,1-7H3/t12-,13-,14+/m0/s1. The van der Waals surface area contributed by atoms with Gasteiger partial charge in [0.15, 0.2) is 0 Å². The summed E-state index contributed by atoms with van der Waals surface area (Å²) < 4.78 is 5.49. The SMILES string of the molecule is CN1C(=O)[C@H]2[C@H](CC(C(=O)OC(C)(C)C)=C[C@H]2C[Si](C)(C)C)C1=O. The number of rotatable bonds is 3. The maximum atomic E-state index is 12.5. The van der Waals surface area contributed by atoms with Gasteiger partial charge in [-0.3, -0.25) is 14.5 Å². The van der Waals surface area contributed by atoms with Gasteiger partial charge in [-0.2, -0.15) is 0 Å². The van der Waals surface area contributed by atoms with Crippen LogP contribution < -0.4 is 0 Å². The number of esters is 1. The van der Waals surface area contributed by atoms with Gasteiger partial charge in [-0.15, -0.1) is 0 Å². The van der Waals surface area contributed by atoms with Gasteiger partial charge in [-0.05, 0) is 33.1 Å². The minimum Gasteiger partial charge on any atom is -0.457 e. The van der Waals surface area contributed by atoms with Crippen molar-refractivity contribution in [2.24, 2.45) is 17.8 Å². The molecule has 0 spiro atoms. The smallest absolute Gasteiger partial charge is 0.334 e. The molecule has 5 nitrogen and oxygen atoms in total. The monoisotopic (exact) mass is 351 g/mol.